The minimum absolute atomic E-state index is 0.214. The van der Waals surface area contributed by atoms with Crippen LogP contribution in [0.3, 0.4) is 0 Å². The first-order valence-electron chi connectivity index (χ1n) is 5.49. The standard InChI is InChI=1S/C12H15N3O2/c1-8-2-4-9(5-3-8)11-14-12(17-15-11)10(16)6-7-13/h2-5,10,16H,6-7,13H2,1H3. The lowest BCUT2D eigenvalue weighted by Crippen LogP contribution is -2.06. The Morgan fingerprint density at radius 1 is 1.35 bits per heavy atom. The molecule has 1 aromatic carbocycles. The molecule has 1 atom stereocenters. The van der Waals surface area contributed by atoms with Crippen molar-refractivity contribution in [3.05, 3.63) is 35.7 Å². The van der Waals surface area contributed by atoms with Gasteiger partial charge in [-0.05, 0) is 19.9 Å². The third kappa shape index (κ3) is 2.69. The van der Waals surface area contributed by atoms with Crippen LogP contribution in [0.25, 0.3) is 11.4 Å². The number of hydrogen-bond acceptors (Lipinski definition) is 5. The average Bonchev–Trinajstić information content (AvgIpc) is 2.80. The zero-order valence-corrected chi connectivity index (χ0v) is 9.63. The smallest absolute Gasteiger partial charge is 0.255 e. The van der Waals surface area contributed by atoms with Gasteiger partial charge in [-0.1, -0.05) is 35.0 Å². The van der Waals surface area contributed by atoms with Crippen molar-refractivity contribution in [2.24, 2.45) is 5.73 Å². The number of benzene rings is 1. The summed E-state index contributed by atoms with van der Waals surface area (Å²) in [7, 11) is 0. The number of aliphatic hydroxyl groups excluding tert-OH is 1. The van der Waals surface area contributed by atoms with Gasteiger partial charge in [0.1, 0.15) is 6.10 Å². The summed E-state index contributed by atoms with van der Waals surface area (Å²) in [5, 5.41) is 13.5. The number of aryl methyl sites for hydroxylation is 1. The lowest BCUT2D eigenvalue weighted by molar-refractivity contribution is 0.127. The highest BCUT2D eigenvalue weighted by Gasteiger charge is 2.15. The molecule has 0 radical (unpaired) electrons. The first-order chi connectivity index (χ1) is 8.20. The van der Waals surface area contributed by atoms with Gasteiger partial charge in [-0.2, -0.15) is 4.98 Å². The quantitative estimate of drug-likeness (QED) is 0.834. The maximum Gasteiger partial charge on any atom is 0.255 e. The van der Waals surface area contributed by atoms with Gasteiger partial charge in [0.05, 0.1) is 0 Å². The van der Waals surface area contributed by atoms with Gasteiger partial charge in [0, 0.05) is 5.56 Å². The highest BCUT2D eigenvalue weighted by atomic mass is 16.5. The van der Waals surface area contributed by atoms with Gasteiger partial charge in [-0.15, -0.1) is 0 Å². The molecule has 0 amide bonds. The van der Waals surface area contributed by atoms with Gasteiger partial charge in [0.25, 0.3) is 5.89 Å². The molecule has 2 aromatic rings. The number of hydrogen-bond donors (Lipinski definition) is 2. The molecule has 5 nitrogen and oxygen atoms in total. The van der Waals surface area contributed by atoms with E-state index < -0.39 is 6.10 Å². The fourth-order valence-corrected chi connectivity index (χ4v) is 1.47. The van der Waals surface area contributed by atoms with Gasteiger partial charge in [-0.25, -0.2) is 0 Å². The molecule has 0 aliphatic carbocycles. The second-order valence-corrected chi connectivity index (χ2v) is 3.92. The third-order valence-corrected chi connectivity index (χ3v) is 2.48. The van der Waals surface area contributed by atoms with Gasteiger partial charge in [-0.3, -0.25) is 0 Å². The molecule has 0 bridgehead atoms. The van der Waals surface area contributed by atoms with E-state index in [2.05, 4.69) is 10.1 Å². The molecule has 3 N–H and O–H groups in total. The van der Waals surface area contributed by atoms with Gasteiger partial charge in [0.2, 0.25) is 5.82 Å². The second-order valence-electron chi connectivity index (χ2n) is 3.92. The molecule has 0 aliphatic heterocycles. The third-order valence-electron chi connectivity index (χ3n) is 2.48. The van der Waals surface area contributed by atoms with Crippen molar-refractivity contribution >= 4 is 0 Å². The minimum Gasteiger partial charge on any atom is -0.383 e. The van der Waals surface area contributed by atoms with E-state index in [1.807, 2.05) is 31.2 Å². The number of nitrogens with zero attached hydrogens (tertiary/aromatic N) is 2. The molecular weight excluding hydrogens is 218 g/mol. The van der Waals surface area contributed by atoms with Crippen LogP contribution in [0.5, 0.6) is 0 Å². The summed E-state index contributed by atoms with van der Waals surface area (Å²) in [6.07, 6.45) is -0.373. The summed E-state index contributed by atoms with van der Waals surface area (Å²) in [4.78, 5) is 4.15. The Morgan fingerprint density at radius 3 is 2.71 bits per heavy atom. The number of aliphatic hydroxyl groups is 1. The Bertz CT molecular complexity index is 479. The molecule has 0 spiro atoms. The molecule has 1 unspecified atom stereocenters. The van der Waals surface area contributed by atoms with Crippen LogP contribution in [0, 0.1) is 6.92 Å². The zero-order valence-electron chi connectivity index (χ0n) is 9.63. The van der Waals surface area contributed by atoms with E-state index in [0.29, 0.717) is 18.8 Å². The lowest BCUT2D eigenvalue weighted by atomic mass is 10.1. The molecule has 1 heterocycles. The van der Waals surface area contributed by atoms with Crippen LogP contribution in [-0.2, 0) is 0 Å². The Kier molecular flexibility index (Phi) is 3.51. The van der Waals surface area contributed by atoms with Crippen molar-refractivity contribution in [1.29, 1.82) is 0 Å². The summed E-state index contributed by atoms with van der Waals surface area (Å²) in [6, 6.07) is 7.78. The van der Waals surface area contributed by atoms with Crippen molar-refractivity contribution in [2.75, 3.05) is 6.54 Å². The molecule has 17 heavy (non-hydrogen) atoms. The zero-order chi connectivity index (χ0) is 12.3. The van der Waals surface area contributed by atoms with Crippen molar-refractivity contribution < 1.29 is 9.63 Å². The van der Waals surface area contributed by atoms with Crippen LogP contribution in [-0.4, -0.2) is 21.8 Å². The molecule has 0 aliphatic rings. The fraction of sp³-hybridized carbons (Fsp3) is 0.333. The van der Waals surface area contributed by atoms with Crippen molar-refractivity contribution in [3.63, 3.8) is 0 Å². The molecule has 0 saturated heterocycles. The molecule has 0 fully saturated rings. The van der Waals surface area contributed by atoms with E-state index in [4.69, 9.17) is 10.3 Å². The Balaban J connectivity index is 2.20. The first kappa shape index (κ1) is 11.8. The number of rotatable bonds is 4. The maximum atomic E-state index is 9.65. The largest absolute Gasteiger partial charge is 0.383 e. The predicted molar refractivity (Wildman–Crippen MR) is 63.1 cm³/mol. The summed E-state index contributed by atoms with van der Waals surface area (Å²) >= 11 is 0. The molecule has 90 valence electrons. The van der Waals surface area contributed by atoms with Gasteiger partial charge >= 0.3 is 0 Å². The van der Waals surface area contributed by atoms with Gasteiger partial charge in [0.15, 0.2) is 0 Å². The van der Waals surface area contributed by atoms with Crippen molar-refractivity contribution in [2.45, 2.75) is 19.4 Å². The van der Waals surface area contributed by atoms with Crippen LogP contribution in [0.2, 0.25) is 0 Å². The van der Waals surface area contributed by atoms with E-state index in [-0.39, 0.29) is 5.89 Å². The molecule has 1 aromatic heterocycles. The maximum absolute atomic E-state index is 9.65. The van der Waals surface area contributed by atoms with E-state index >= 15 is 0 Å². The lowest BCUT2D eigenvalue weighted by Gasteiger charge is -2.01. The topological polar surface area (TPSA) is 85.2 Å². The highest BCUT2D eigenvalue weighted by Crippen LogP contribution is 2.20. The Hall–Kier alpha value is -1.72. The molecule has 5 heteroatoms. The van der Waals surface area contributed by atoms with E-state index in [9.17, 15) is 5.11 Å². The SMILES string of the molecule is Cc1ccc(-c2noc(C(O)CCN)n2)cc1. The Morgan fingerprint density at radius 2 is 2.06 bits per heavy atom. The predicted octanol–water partition coefficient (Wildman–Crippen LogP) is 1.43. The summed E-state index contributed by atoms with van der Waals surface area (Å²) in [5.74, 6) is 0.696. The summed E-state index contributed by atoms with van der Waals surface area (Å²) < 4.78 is 5.00. The summed E-state index contributed by atoms with van der Waals surface area (Å²) in [5.41, 5.74) is 7.38. The normalized spacial score (nSPS) is 12.6. The second kappa shape index (κ2) is 5.07. The monoisotopic (exact) mass is 233 g/mol. The number of nitrogens with two attached hydrogens (primary N) is 1. The van der Waals surface area contributed by atoms with Gasteiger partial charge < -0.3 is 15.4 Å². The van der Waals surface area contributed by atoms with Crippen molar-refractivity contribution in [3.8, 4) is 11.4 Å². The van der Waals surface area contributed by atoms with E-state index in [1.165, 1.54) is 5.56 Å². The number of aromatic nitrogens is 2. The van der Waals surface area contributed by atoms with E-state index in [0.717, 1.165) is 5.56 Å². The summed E-state index contributed by atoms with van der Waals surface area (Å²) in [6.45, 7) is 2.39. The highest BCUT2D eigenvalue weighted by molar-refractivity contribution is 5.54. The fourth-order valence-electron chi connectivity index (χ4n) is 1.47. The van der Waals surface area contributed by atoms with Crippen LogP contribution >= 0.6 is 0 Å². The van der Waals surface area contributed by atoms with Crippen LogP contribution in [0.15, 0.2) is 28.8 Å². The van der Waals surface area contributed by atoms with E-state index in [1.54, 1.807) is 0 Å². The average molecular weight is 233 g/mol. The van der Waals surface area contributed by atoms with Crippen LogP contribution in [0.1, 0.15) is 24.0 Å². The molecule has 2 rings (SSSR count). The van der Waals surface area contributed by atoms with Crippen LogP contribution in [0.4, 0.5) is 0 Å². The van der Waals surface area contributed by atoms with Crippen LogP contribution < -0.4 is 5.73 Å². The Labute approximate surface area is 99.3 Å². The minimum atomic E-state index is -0.785. The molecule has 0 saturated carbocycles. The first-order valence-corrected chi connectivity index (χ1v) is 5.49. The molecular formula is C12H15N3O2. The van der Waals surface area contributed by atoms with Crippen molar-refractivity contribution in [1.82, 2.24) is 10.1 Å².